The summed E-state index contributed by atoms with van der Waals surface area (Å²) >= 11 is 3.43. The molecule has 0 saturated heterocycles. The van der Waals surface area contributed by atoms with Gasteiger partial charge in [-0.05, 0) is 25.0 Å². The number of hydrogen-bond acceptors (Lipinski definition) is 3. The number of hydrogen-bond donors (Lipinski definition) is 1. The Morgan fingerprint density at radius 3 is 2.83 bits per heavy atom. The second-order valence-corrected chi connectivity index (χ2v) is 5.56. The number of fused-ring (bicyclic) bond motifs is 1. The molecule has 1 aromatic heterocycles. The largest absolute Gasteiger partial charge is 0.438 e. The van der Waals surface area contributed by atoms with Crippen LogP contribution in [-0.4, -0.2) is 4.98 Å². The standard InChI is InChI=1S/C14H19BrN2O/c1-3-5-6-9(4-2)14-17-12-8-10(15)7-11(16)13(12)18-14/h7-9H,3-6,16H2,1-2H3. The highest BCUT2D eigenvalue weighted by Crippen LogP contribution is 2.32. The number of aromatic nitrogens is 1. The first-order chi connectivity index (χ1) is 8.65. The van der Waals surface area contributed by atoms with E-state index in [0.717, 1.165) is 28.7 Å². The maximum atomic E-state index is 5.95. The zero-order valence-corrected chi connectivity index (χ0v) is 12.5. The van der Waals surface area contributed by atoms with Crippen molar-refractivity contribution in [2.45, 2.75) is 45.4 Å². The predicted molar refractivity (Wildman–Crippen MR) is 78.7 cm³/mol. The summed E-state index contributed by atoms with van der Waals surface area (Å²) in [6, 6.07) is 3.80. The van der Waals surface area contributed by atoms with Gasteiger partial charge in [-0.25, -0.2) is 4.98 Å². The Bertz CT molecular complexity index is 536. The van der Waals surface area contributed by atoms with Crippen molar-refractivity contribution in [3.8, 4) is 0 Å². The number of anilines is 1. The van der Waals surface area contributed by atoms with Gasteiger partial charge in [-0.2, -0.15) is 0 Å². The molecule has 1 atom stereocenters. The maximum Gasteiger partial charge on any atom is 0.198 e. The molecule has 4 heteroatoms. The van der Waals surface area contributed by atoms with Gasteiger partial charge in [0.15, 0.2) is 11.5 Å². The molecule has 1 unspecified atom stereocenters. The Kier molecular flexibility index (Phi) is 4.27. The normalized spacial score (nSPS) is 13.1. The van der Waals surface area contributed by atoms with Crippen molar-refractivity contribution in [3.63, 3.8) is 0 Å². The smallest absolute Gasteiger partial charge is 0.198 e. The van der Waals surface area contributed by atoms with Crippen LogP contribution in [0.25, 0.3) is 11.1 Å². The minimum absolute atomic E-state index is 0.399. The van der Waals surface area contributed by atoms with Crippen molar-refractivity contribution in [2.24, 2.45) is 0 Å². The first-order valence-electron chi connectivity index (χ1n) is 6.51. The van der Waals surface area contributed by atoms with Gasteiger partial charge in [0.2, 0.25) is 0 Å². The van der Waals surface area contributed by atoms with E-state index in [1.807, 2.05) is 12.1 Å². The second-order valence-electron chi connectivity index (χ2n) is 4.64. The van der Waals surface area contributed by atoms with Gasteiger partial charge in [0, 0.05) is 10.4 Å². The first kappa shape index (κ1) is 13.4. The van der Waals surface area contributed by atoms with Crippen molar-refractivity contribution >= 4 is 32.7 Å². The summed E-state index contributed by atoms with van der Waals surface area (Å²) < 4.78 is 6.79. The molecule has 3 nitrogen and oxygen atoms in total. The molecular formula is C14H19BrN2O. The van der Waals surface area contributed by atoms with E-state index in [9.17, 15) is 0 Å². The van der Waals surface area contributed by atoms with E-state index >= 15 is 0 Å². The van der Waals surface area contributed by atoms with E-state index in [-0.39, 0.29) is 0 Å². The number of halogens is 1. The Hall–Kier alpha value is -1.03. The van der Waals surface area contributed by atoms with Crippen LogP contribution >= 0.6 is 15.9 Å². The summed E-state index contributed by atoms with van der Waals surface area (Å²) in [5.41, 5.74) is 8.14. The highest BCUT2D eigenvalue weighted by Gasteiger charge is 2.17. The first-order valence-corrected chi connectivity index (χ1v) is 7.30. The predicted octanol–water partition coefficient (Wildman–Crippen LogP) is 4.86. The highest BCUT2D eigenvalue weighted by molar-refractivity contribution is 9.10. The fraction of sp³-hybridized carbons (Fsp3) is 0.500. The van der Waals surface area contributed by atoms with Crippen LogP contribution < -0.4 is 5.73 Å². The van der Waals surface area contributed by atoms with Gasteiger partial charge < -0.3 is 10.2 Å². The molecule has 0 aliphatic carbocycles. The maximum absolute atomic E-state index is 5.95. The van der Waals surface area contributed by atoms with E-state index in [2.05, 4.69) is 34.8 Å². The van der Waals surface area contributed by atoms with E-state index < -0.39 is 0 Å². The van der Waals surface area contributed by atoms with Crippen molar-refractivity contribution in [1.29, 1.82) is 0 Å². The van der Waals surface area contributed by atoms with Crippen LogP contribution in [0.4, 0.5) is 5.69 Å². The summed E-state index contributed by atoms with van der Waals surface area (Å²) in [5.74, 6) is 1.22. The van der Waals surface area contributed by atoms with Crippen LogP contribution in [0.2, 0.25) is 0 Å². The Morgan fingerprint density at radius 2 is 2.17 bits per heavy atom. The number of benzene rings is 1. The lowest BCUT2D eigenvalue weighted by Gasteiger charge is -2.09. The number of nitrogens with zero attached hydrogens (tertiary/aromatic N) is 1. The molecule has 1 heterocycles. The molecule has 0 spiro atoms. The van der Waals surface area contributed by atoms with Crippen LogP contribution in [0.1, 0.15) is 51.3 Å². The number of nitrogen functional groups attached to an aromatic ring is 1. The molecule has 0 fully saturated rings. The Morgan fingerprint density at radius 1 is 1.39 bits per heavy atom. The van der Waals surface area contributed by atoms with Crippen LogP contribution in [-0.2, 0) is 0 Å². The second kappa shape index (κ2) is 5.74. The van der Waals surface area contributed by atoms with Gasteiger partial charge in [0.05, 0.1) is 5.69 Å². The van der Waals surface area contributed by atoms with Crippen LogP contribution in [0, 0.1) is 0 Å². The van der Waals surface area contributed by atoms with Crippen LogP contribution in [0.5, 0.6) is 0 Å². The van der Waals surface area contributed by atoms with Gasteiger partial charge >= 0.3 is 0 Å². The van der Waals surface area contributed by atoms with E-state index in [1.54, 1.807) is 0 Å². The molecule has 0 bridgehead atoms. The molecular weight excluding hydrogens is 292 g/mol. The number of rotatable bonds is 5. The third-order valence-electron chi connectivity index (χ3n) is 3.25. The van der Waals surface area contributed by atoms with Crippen molar-refractivity contribution in [1.82, 2.24) is 4.98 Å². The molecule has 0 saturated carbocycles. The van der Waals surface area contributed by atoms with Gasteiger partial charge in [-0.15, -0.1) is 0 Å². The molecule has 0 radical (unpaired) electrons. The fourth-order valence-corrected chi connectivity index (χ4v) is 2.63. The lowest BCUT2D eigenvalue weighted by atomic mass is 9.99. The molecule has 0 aliphatic heterocycles. The molecule has 1 aromatic carbocycles. The topological polar surface area (TPSA) is 52.0 Å². The molecule has 18 heavy (non-hydrogen) atoms. The third kappa shape index (κ3) is 2.69. The molecule has 0 aliphatic rings. The Balaban J connectivity index is 2.36. The summed E-state index contributed by atoms with van der Waals surface area (Å²) in [5, 5.41) is 0. The lowest BCUT2D eigenvalue weighted by molar-refractivity contribution is 0.435. The summed E-state index contributed by atoms with van der Waals surface area (Å²) in [6.07, 6.45) is 4.58. The van der Waals surface area contributed by atoms with Crippen LogP contribution in [0.3, 0.4) is 0 Å². The molecule has 2 rings (SSSR count). The van der Waals surface area contributed by atoms with Crippen LogP contribution in [0.15, 0.2) is 21.0 Å². The zero-order chi connectivity index (χ0) is 13.1. The molecule has 2 N–H and O–H groups in total. The van der Waals surface area contributed by atoms with Gasteiger partial charge in [0.1, 0.15) is 5.52 Å². The summed E-state index contributed by atoms with van der Waals surface area (Å²) in [6.45, 7) is 4.38. The highest BCUT2D eigenvalue weighted by atomic mass is 79.9. The minimum atomic E-state index is 0.399. The molecule has 2 aromatic rings. The molecule has 0 amide bonds. The quantitative estimate of drug-likeness (QED) is 0.803. The van der Waals surface area contributed by atoms with E-state index in [0.29, 0.717) is 17.2 Å². The monoisotopic (exact) mass is 310 g/mol. The summed E-state index contributed by atoms with van der Waals surface area (Å²) in [7, 11) is 0. The van der Waals surface area contributed by atoms with Gasteiger partial charge in [0.25, 0.3) is 0 Å². The third-order valence-corrected chi connectivity index (χ3v) is 3.71. The fourth-order valence-electron chi connectivity index (χ4n) is 2.17. The average Bonchev–Trinajstić information content (AvgIpc) is 2.74. The van der Waals surface area contributed by atoms with Crippen molar-refractivity contribution < 1.29 is 4.42 Å². The van der Waals surface area contributed by atoms with E-state index in [4.69, 9.17) is 10.2 Å². The van der Waals surface area contributed by atoms with Gasteiger partial charge in [-0.1, -0.05) is 42.6 Å². The number of nitrogens with two attached hydrogens (primary N) is 1. The van der Waals surface area contributed by atoms with Crippen molar-refractivity contribution in [2.75, 3.05) is 5.73 Å². The number of unbranched alkanes of at least 4 members (excludes halogenated alkanes) is 1. The SMILES string of the molecule is CCCCC(CC)c1nc2cc(Br)cc(N)c2o1. The zero-order valence-electron chi connectivity index (χ0n) is 10.9. The number of oxazole rings is 1. The summed E-state index contributed by atoms with van der Waals surface area (Å²) in [4.78, 5) is 4.58. The van der Waals surface area contributed by atoms with E-state index in [1.165, 1.54) is 12.8 Å². The average molecular weight is 311 g/mol. The minimum Gasteiger partial charge on any atom is -0.438 e. The molecule has 98 valence electrons. The lowest BCUT2D eigenvalue weighted by Crippen LogP contribution is -1.97. The van der Waals surface area contributed by atoms with Gasteiger partial charge in [-0.3, -0.25) is 0 Å². The Labute approximate surface area is 116 Å². The van der Waals surface area contributed by atoms with Crippen molar-refractivity contribution in [3.05, 3.63) is 22.5 Å².